The van der Waals surface area contributed by atoms with E-state index in [9.17, 15) is 9.59 Å². The van der Waals surface area contributed by atoms with Crippen LogP contribution in [0.1, 0.15) is 0 Å². The molecule has 0 saturated carbocycles. The van der Waals surface area contributed by atoms with Crippen LogP contribution in [0, 0.1) is 0 Å². The van der Waals surface area contributed by atoms with Gasteiger partial charge in [0.2, 0.25) is 0 Å². The van der Waals surface area contributed by atoms with Crippen molar-refractivity contribution in [2.24, 2.45) is 0 Å². The van der Waals surface area contributed by atoms with Crippen LogP contribution in [-0.2, 0) is 14.3 Å². The van der Waals surface area contributed by atoms with Crippen LogP contribution in [0.4, 0.5) is 4.79 Å². The van der Waals surface area contributed by atoms with E-state index in [0.29, 0.717) is 34.4 Å². The Morgan fingerprint density at radius 1 is 1.17 bits per heavy atom. The van der Waals surface area contributed by atoms with Crippen molar-refractivity contribution in [1.82, 2.24) is 0 Å². The van der Waals surface area contributed by atoms with E-state index in [1.807, 2.05) is 4.97 Å². The fourth-order valence-corrected chi connectivity index (χ4v) is 18.6. The van der Waals surface area contributed by atoms with Crippen LogP contribution in [-0.4, -0.2) is 83.8 Å². The minimum absolute atomic E-state index is 0.0448. The van der Waals surface area contributed by atoms with Gasteiger partial charge in [0.1, 0.15) is 0 Å². The van der Waals surface area contributed by atoms with E-state index in [0.717, 1.165) is 0 Å². The summed E-state index contributed by atoms with van der Waals surface area (Å²) in [5.41, 5.74) is 0. The quantitative estimate of drug-likeness (QED) is 0.381. The van der Waals surface area contributed by atoms with E-state index in [-0.39, 0.29) is 25.8 Å². The third kappa shape index (κ3) is 3.04. The van der Waals surface area contributed by atoms with Crippen molar-refractivity contribution in [1.29, 1.82) is 0 Å². The summed E-state index contributed by atoms with van der Waals surface area (Å²) in [6, 6.07) is 0. The molecule has 0 saturated heterocycles. The molecular weight excluding hydrogens is 500 g/mol. The van der Waals surface area contributed by atoms with Crippen LogP contribution in [0.25, 0.3) is 0 Å². The third-order valence-corrected chi connectivity index (χ3v) is 19.3. The SMILES string of the molecule is COC(=O)C1=C[Se](C(=O)OC)C(=C2[Se]C=C[Se]2)[Se]1. The molecule has 0 fully saturated rings. The Kier molecular flexibility index (Phi) is 5.37. The van der Waals surface area contributed by atoms with Crippen molar-refractivity contribution >= 4 is 69.6 Å². The van der Waals surface area contributed by atoms with Gasteiger partial charge in [-0.25, -0.2) is 0 Å². The summed E-state index contributed by atoms with van der Waals surface area (Å²) in [7, 11) is 2.79. The predicted molar refractivity (Wildman–Crippen MR) is 71.7 cm³/mol. The number of hydrogen-bond acceptors (Lipinski definition) is 4. The van der Waals surface area contributed by atoms with Crippen LogP contribution >= 0.6 is 0 Å². The van der Waals surface area contributed by atoms with Crippen LogP contribution in [0.3, 0.4) is 0 Å². The van der Waals surface area contributed by atoms with Gasteiger partial charge in [-0.15, -0.1) is 0 Å². The molecule has 0 aliphatic carbocycles. The van der Waals surface area contributed by atoms with Crippen molar-refractivity contribution in [3.63, 3.8) is 0 Å². The first-order valence-corrected chi connectivity index (χ1v) is 12.8. The Hall–Kier alpha value is 0.238. The molecule has 2 aliphatic rings. The summed E-state index contributed by atoms with van der Waals surface area (Å²) < 4.78 is 13.0. The summed E-state index contributed by atoms with van der Waals surface area (Å²) in [6.45, 7) is 0. The molecule has 0 spiro atoms. The zero-order valence-corrected chi connectivity index (χ0v) is 16.4. The average molecular weight is 509 g/mol. The first-order chi connectivity index (χ1) is 8.67. The predicted octanol–water partition coefficient (Wildman–Crippen LogP) is -0.255. The van der Waals surface area contributed by atoms with Gasteiger partial charge in [-0.05, 0) is 0 Å². The minimum atomic E-state index is -1.74. The van der Waals surface area contributed by atoms with E-state index >= 15 is 0 Å². The molecule has 0 aromatic carbocycles. The van der Waals surface area contributed by atoms with Crippen LogP contribution in [0.2, 0.25) is 0 Å². The monoisotopic (exact) mass is 513 g/mol. The second-order valence-electron chi connectivity index (χ2n) is 2.95. The molecule has 0 aromatic heterocycles. The summed E-state index contributed by atoms with van der Waals surface area (Å²) >= 11 is -1.05. The van der Waals surface area contributed by atoms with Gasteiger partial charge in [-0.2, -0.15) is 0 Å². The maximum atomic E-state index is 11.8. The van der Waals surface area contributed by atoms with Crippen molar-refractivity contribution in [2.45, 2.75) is 0 Å². The van der Waals surface area contributed by atoms with Crippen LogP contribution in [0.15, 0.2) is 26.1 Å². The molecular formula is C10H9O4Se4. The van der Waals surface area contributed by atoms with Crippen LogP contribution < -0.4 is 0 Å². The molecule has 0 unspecified atom stereocenters. The molecule has 0 aromatic rings. The van der Waals surface area contributed by atoms with E-state index in [4.69, 9.17) is 9.47 Å². The van der Waals surface area contributed by atoms with Gasteiger partial charge in [-0.3, -0.25) is 0 Å². The summed E-state index contributed by atoms with van der Waals surface area (Å²) in [5, 5.41) is 0. The zero-order valence-electron chi connectivity index (χ0n) is 9.50. The average Bonchev–Trinajstić information content (AvgIpc) is 3.04. The Bertz CT molecular complexity index is 470. The number of carbonyl (C=O) groups is 2. The Morgan fingerprint density at radius 2 is 1.83 bits per heavy atom. The number of carbonyl (C=O) groups excluding carboxylic acids is 2. The van der Waals surface area contributed by atoms with E-state index in [2.05, 4.69) is 9.95 Å². The van der Waals surface area contributed by atoms with Crippen molar-refractivity contribution in [3.8, 4) is 0 Å². The fraction of sp³-hybridized carbons (Fsp3) is 0.200. The molecule has 97 valence electrons. The molecule has 1 radical (unpaired) electrons. The van der Waals surface area contributed by atoms with Crippen molar-refractivity contribution in [3.05, 3.63) is 26.1 Å². The van der Waals surface area contributed by atoms with Gasteiger partial charge in [0, 0.05) is 0 Å². The molecule has 2 rings (SSSR count). The van der Waals surface area contributed by atoms with E-state index < -0.39 is 13.9 Å². The molecule has 0 bridgehead atoms. The summed E-state index contributed by atoms with van der Waals surface area (Å²) in [4.78, 5) is 29.5. The molecule has 0 atom stereocenters. The second kappa shape index (κ2) is 6.60. The summed E-state index contributed by atoms with van der Waals surface area (Å²) in [6.07, 6.45) is 0. The van der Waals surface area contributed by atoms with E-state index in [1.165, 1.54) is 21.0 Å². The van der Waals surface area contributed by atoms with Crippen molar-refractivity contribution < 1.29 is 19.1 Å². The number of ether oxygens (including phenoxy) is 2. The van der Waals surface area contributed by atoms with Gasteiger partial charge in [0.05, 0.1) is 0 Å². The molecule has 4 nitrogen and oxygen atoms in total. The fourth-order valence-electron chi connectivity index (χ4n) is 1.17. The van der Waals surface area contributed by atoms with Crippen LogP contribution in [0.5, 0.6) is 0 Å². The molecule has 18 heavy (non-hydrogen) atoms. The topological polar surface area (TPSA) is 52.6 Å². The second-order valence-corrected chi connectivity index (χ2v) is 15.1. The molecule has 0 amide bonds. The standard InChI is InChI=1S/C10H9O4Se4/c1-13-7(11)6-5-18(10(12)14-2)9(17-6)8-15-3-4-16-8/h3-5H,1-2H3. The number of methoxy groups -OCH3 is 2. The molecule has 2 aliphatic heterocycles. The normalized spacial score (nSPS) is 19.1. The Balaban J connectivity index is 2.30. The number of esters is 1. The van der Waals surface area contributed by atoms with Gasteiger partial charge in [0.25, 0.3) is 0 Å². The van der Waals surface area contributed by atoms with Gasteiger partial charge < -0.3 is 0 Å². The molecule has 2 heterocycles. The van der Waals surface area contributed by atoms with E-state index in [1.54, 1.807) is 0 Å². The van der Waals surface area contributed by atoms with Gasteiger partial charge in [-0.1, -0.05) is 0 Å². The maximum absolute atomic E-state index is 11.8. The first kappa shape index (κ1) is 14.6. The number of hydrogen-bond donors (Lipinski definition) is 0. The van der Waals surface area contributed by atoms with Gasteiger partial charge >= 0.3 is 129 Å². The van der Waals surface area contributed by atoms with Crippen molar-refractivity contribution in [2.75, 3.05) is 14.2 Å². The van der Waals surface area contributed by atoms with Gasteiger partial charge in [0.15, 0.2) is 0 Å². The first-order valence-electron chi connectivity index (χ1n) is 4.69. The zero-order chi connectivity index (χ0) is 13.1. The summed E-state index contributed by atoms with van der Waals surface area (Å²) in [5.74, 6) is -0.297. The third-order valence-electron chi connectivity index (χ3n) is 1.93. The molecule has 0 N–H and O–H groups in total. The Morgan fingerprint density at radius 3 is 2.39 bits per heavy atom. The molecule has 8 heteroatoms. The number of rotatable bonds is 2. The Labute approximate surface area is 128 Å².